The maximum absolute atomic E-state index is 12.1. The molecule has 1 amide bonds. The van der Waals surface area contributed by atoms with Gasteiger partial charge in [0.1, 0.15) is 10.6 Å². The first-order valence-electron chi connectivity index (χ1n) is 8.22. The van der Waals surface area contributed by atoms with Gasteiger partial charge in [0.25, 0.3) is 5.91 Å². The molecule has 0 aliphatic heterocycles. The molecule has 2 N–H and O–H groups in total. The van der Waals surface area contributed by atoms with Crippen molar-refractivity contribution in [3.05, 3.63) is 29.8 Å². The average Bonchev–Trinajstić information content (AvgIpc) is 2.58. The summed E-state index contributed by atoms with van der Waals surface area (Å²) in [5.41, 5.74) is 0.0136. The number of hydrogen-bond acceptors (Lipinski definition) is 6. The third kappa shape index (κ3) is 7.03. The molecular weight excluding hydrogens is 372 g/mol. The van der Waals surface area contributed by atoms with Gasteiger partial charge in [-0.3, -0.25) is 4.79 Å². The molecule has 0 aliphatic carbocycles. The van der Waals surface area contributed by atoms with E-state index in [1.54, 1.807) is 6.07 Å². The molecule has 9 heteroatoms. The number of hydrogen-bond donors (Lipinski definition) is 2. The third-order valence-electron chi connectivity index (χ3n) is 3.32. The van der Waals surface area contributed by atoms with E-state index in [0.717, 1.165) is 6.08 Å². The smallest absolute Gasteiger partial charge is 0.331 e. The molecule has 0 saturated carbocycles. The lowest BCUT2D eigenvalue weighted by molar-refractivity contribution is -0.150. The van der Waals surface area contributed by atoms with E-state index in [1.807, 2.05) is 20.8 Å². The Labute approximate surface area is 160 Å². The summed E-state index contributed by atoms with van der Waals surface area (Å²) in [6, 6.07) is 4.44. The molecule has 1 aromatic carbocycles. The fraction of sp³-hybridized carbons (Fsp3) is 0.444. The van der Waals surface area contributed by atoms with Gasteiger partial charge in [-0.25, -0.2) is 17.9 Å². The molecule has 8 nitrogen and oxygen atoms in total. The highest BCUT2D eigenvalue weighted by Crippen LogP contribution is 2.25. The Morgan fingerprint density at radius 1 is 1.22 bits per heavy atom. The number of methoxy groups -OCH3 is 1. The van der Waals surface area contributed by atoms with Crippen molar-refractivity contribution in [3.8, 4) is 5.75 Å². The van der Waals surface area contributed by atoms with Crippen LogP contribution in [0.3, 0.4) is 0 Å². The first-order valence-corrected chi connectivity index (χ1v) is 9.70. The van der Waals surface area contributed by atoms with Crippen molar-refractivity contribution in [2.75, 3.05) is 14.2 Å². The molecule has 1 atom stereocenters. The van der Waals surface area contributed by atoms with Crippen LogP contribution in [0.2, 0.25) is 0 Å². The third-order valence-corrected chi connectivity index (χ3v) is 4.75. The van der Waals surface area contributed by atoms with Gasteiger partial charge in [0.05, 0.1) is 7.11 Å². The molecule has 0 spiro atoms. The number of nitrogens with one attached hydrogen (secondary N) is 2. The van der Waals surface area contributed by atoms with Gasteiger partial charge in [-0.2, -0.15) is 0 Å². The Hall–Kier alpha value is -2.39. The first kappa shape index (κ1) is 22.7. The Bertz CT molecular complexity index is 825. The predicted molar refractivity (Wildman–Crippen MR) is 102 cm³/mol. The van der Waals surface area contributed by atoms with Crippen LogP contribution in [0.25, 0.3) is 6.08 Å². The van der Waals surface area contributed by atoms with Crippen molar-refractivity contribution >= 4 is 28.0 Å². The van der Waals surface area contributed by atoms with E-state index in [4.69, 9.17) is 9.47 Å². The number of esters is 1. The topological polar surface area (TPSA) is 111 Å². The highest BCUT2D eigenvalue weighted by atomic mass is 32.2. The zero-order chi connectivity index (χ0) is 20.8. The summed E-state index contributed by atoms with van der Waals surface area (Å²) in [6.45, 7) is 6.93. The maximum Gasteiger partial charge on any atom is 0.331 e. The number of carbonyl (C=O) groups is 2. The molecular formula is C18H26N2O6S. The molecule has 0 radical (unpaired) electrons. The lowest BCUT2D eigenvalue weighted by Crippen LogP contribution is -2.46. The molecule has 0 saturated heterocycles. The number of benzene rings is 1. The summed E-state index contributed by atoms with van der Waals surface area (Å²) in [5, 5.41) is 2.71. The molecule has 0 bridgehead atoms. The maximum atomic E-state index is 12.1. The lowest BCUT2D eigenvalue weighted by Gasteiger charge is -2.22. The van der Waals surface area contributed by atoms with Crippen LogP contribution in [0, 0.1) is 0 Å². The Kier molecular flexibility index (Phi) is 7.55. The summed E-state index contributed by atoms with van der Waals surface area (Å²) in [7, 11) is -1.08. The van der Waals surface area contributed by atoms with Gasteiger partial charge < -0.3 is 14.8 Å². The van der Waals surface area contributed by atoms with Crippen LogP contribution in [-0.4, -0.2) is 46.1 Å². The van der Waals surface area contributed by atoms with E-state index >= 15 is 0 Å². The SMILES string of the molecule is CNS(=O)(=O)c1cc(/C=C/C(=O)O[C@H](C)C(=O)NC(C)(C)C)ccc1OC. The monoisotopic (exact) mass is 398 g/mol. The predicted octanol–water partition coefficient (Wildman–Crippen LogP) is 1.46. The fourth-order valence-electron chi connectivity index (χ4n) is 2.02. The standard InChI is InChI=1S/C18H26N2O6S/c1-12(17(22)20-18(2,3)4)26-16(21)10-8-13-7-9-14(25-6)15(11-13)27(23,24)19-5/h7-12,19H,1-6H3,(H,20,22)/b10-8+/t12-/m1/s1. The minimum absolute atomic E-state index is 0.0547. The number of rotatable bonds is 7. The summed E-state index contributed by atoms with van der Waals surface area (Å²) < 4.78 is 36.4. The molecule has 0 unspecified atom stereocenters. The summed E-state index contributed by atoms with van der Waals surface area (Å²) in [4.78, 5) is 23.8. The zero-order valence-electron chi connectivity index (χ0n) is 16.3. The second-order valence-corrected chi connectivity index (χ2v) is 8.62. The van der Waals surface area contributed by atoms with Crippen molar-refractivity contribution in [3.63, 3.8) is 0 Å². The number of amides is 1. The van der Waals surface area contributed by atoms with Gasteiger partial charge in [0.15, 0.2) is 6.10 Å². The quantitative estimate of drug-likeness (QED) is 0.531. The van der Waals surface area contributed by atoms with Crippen LogP contribution in [0.4, 0.5) is 0 Å². The average molecular weight is 398 g/mol. The van der Waals surface area contributed by atoms with Crippen LogP contribution >= 0.6 is 0 Å². The minimum Gasteiger partial charge on any atom is -0.495 e. The number of sulfonamides is 1. The van der Waals surface area contributed by atoms with Crippen molar-refractivity contribution in [2.45, 2.75) is 44.2 Å². The second kappa shape index (κ2) is 9.01. The number of ether oxygens (including phenoxy) is 2. The van der Waals surface area contributed by atoms with Crippen LogP contribution in [0.15, 0.2) is 29.2 Å². The van der Waals surface area contributed by atoms with Crippen LogP contribution in [0.1, 0.15) is 33.3 Å². The molecule has 0 aromatic heterocycles. The summed E-state index contributed by atoms with van der Waals surface area (Å²) in [5.74, 6) is -0.951. The van der Waals surface area contributed by atoms with Gasteiger partial charge in [0.2, 0.25) is 10.0 Å². The Morgan fingerprint density at radius 3 is 2.37 bits per heavy atom. The summed E-state index contributed by atoms with van der Waals surface area (Å²) in [6.07, 6.45) is 1.56. The highest BCUT2D eigenvalue weighted by Gasteiger charge is 2.22. The molecule has 150 valence electrons. The molecule has 0 heterocycles. The van der Waals surface area contributed by atoms with E-state index in [9.17, 15) is 18.0 Å². The zero-order valence-corrected chi connectivity index (χ0v) is 17.1. The molecule has 1 rings (SSSR count). The Balaban J connectivity index is 2.89. The van der Waals surface area contributed by atoms with Gasteiger partial charge in [-0.15, -0.1) is 0 Å². The molecule has 0 fully saturated rings. The minimum atomic E-state index is -3.73. The fourth-order valence-corrected chi connectivity index (χ4v) is 2.95. The Morgan fingerprint density at radius 2 is 1.85 bits per heavy atom. The van der Waals surface area contributed by atoms with Crippen LogP contribution < -0.4 is 14.8 Å². The van der Waals surface area contributed by atoms with Crippen molar-refractivity contribution < 1.29 is 27.5 Å². The largest absolute Gasteiger partial charge is 0.495 e. The van der Waals surface area contributed by atoms with Crippen LogP contribution in [0.5, 0.6) is 5.75 Å². The van der Waals surface area contributed by atoms with Gasteiger partial charge in [0, 0.05) is 11.6 Å². The molecule has 1 aromatic rings. The lowest BCUT2D eigenvalue weighted by atomic mass is 10.1. The van der Waals surface area contributed by atoms with E-state index in [0.29, 0.717) is 5.56 Å². The van der Waals surface area contributed by atoms with Gasteiger partial charge in [-0.05, 0) is 58.5 Å². The summed E-state index contributed by atoms with van der Waals surface area (Å²) >= 11 is 0. The van der Waals surface area contributed by atoms with Crippen molar-refractivity contribution in [1.82, 2.24) is 10.0 Å². The number of carbonyl (C=O) groups excluding carboxylic acids is 2. The van der Waals surface area contributed by atoms with E-state index in [2.05, 4.69) is 10.0 Å². The van der Waals surface area contributed by atoms with Crippen molar-refractivity contribution in [2.24, 2.45) is 0 Å². The first-order chi connectivity index (χ1) is 12.4. The van der Waals surface area contributed by atoms with Crippen molar-refractivity contribution in [1.29, 1.82) is 0 Å². The molecule has 0 aliphatic rings. The van der Waals surface area contributed by atoms with E-state index in [-0.39, 0.29) is 10.6 Å². The molecule has 27 heavy (non-hydrogen) atoms. The normalized spacial score (nSPS) is 13.3. The van der Waals surface area contributed by atoms with E-state index in [1.165, 1.54) is 39.3 Å². The van der Waals surface area contributed by atoms with Crippen LogP contribution in [-0.2, 0) is 24.3 Å². The highest BCUT2D eigenvalue weighted by molar-refractivity contribution is 7.89. The van der Waals surface area contributed by atoms with E-state index < -0.39 is 33.5 Å². The van der Waals surface area contributed by atoms with Gasteiger partial charge >= 0.3 is 5.97 Å². The van der Waals surface area contributed by atoms with Gasteiger partial charge in [-0.1, -0.05) is 6.07 Å². The second-order valence-electron chi connectivity index (χ2n) is 6.77.